The summed E-state index contributed by atoms with van der Waals surface area (Å²) in [5.74, 6) is -1.15. The van der Waals surface area contributed by atoms with Crippen LogP contribution in [0.25, 0.3) is 6.08 Å². The lowest BCUT2D eigenvalue weighted by Crippen LogP contribution is -2.28. The minimum Gasteiger partial charge on any atom is -0.461 e. The molecule has 1 amide bonds. The van der Waals surface area contributed by atoms with E-state index in [9.17, 15) is 19.7 Å². The molecule has 0 aliphatic carbocycles. The fourth-order valence-electron chi connectivity index (χ4n) is 2.00. The number of carbonyl (C=O) groups excluding carboxylic acids is 2. The average molecular weight is 340 g/mol. The number of carbonyl (C=O) groups is 2. The van der Waals surface area contributed by atoms with Gasteiger partial charge in [-0.3, -0.25) is 14.9 Å². The summed E-state index contributed by atoms with van der Waals surface area (Å²) in [7, 11) is 0. The van der Waals surface area contributed by atoms with Crippen LogP contribution in [0.15, 0.2) is 60.3 Å². The van der Waals surface area contributed by atoms with E-state index in [0.717, 1.165) is 0 Å². The van der Waals surface area contributed by atoms with Crippen LogP contribution in [0.3, 0.4) is 0 Å². The Morgan fingerprint density at radius 2 is 1.76 bits per heavy atom. The molecule has 0 aliphatic heterocycles. The third-order valence-electron chi connectivity index (χ3n) is 3.19. The van der Waals surface area contributed by atoms with Crippen molar-refractivity contribution in [3.63, 3.8) is 0 Å². The number of nitrogens with zero attached hydrogens (tertiary/aromatic N) is 1. The molecule has 0 saturated carbocycles. The molecule has 0 spiro atoms. The second-order valence-corrected chi connectivity index (χ2v) is 4.95. The van der Waals surface area contributed by atoms with Gasteiger partial charge in [0.1, 0.15) is 5.70 Å². The summed E-state index contributed by atoms with van der Waals surface area (Å²) in [6, 6.07) is 14.0. The van der Waals surface area contributed by atoms with Gasteiger partial charge < -0.3 is 10.1 Å². The van der Waals surface area contributed by atoms with Gasteiger partial charge >= 0.3 is 5.97 Å². The van der Waals surface area contributed by atoms with Crippen molar-refractivity contribution in [3.05, 3.63) is 81.5 Å². The van der Waals surface area contributed by atoms with E-state index in [1.807, 2.05) is 0 Å². The lowest BCUT2D eigenvalue weighted by atomic mass is 10.1. The molecule has 0 saturated heterocycles. The van der Waals surface area contributed by atoms with Gasteiger partial charge in [0.25, 0.3) is 11.6 Å². The van der Waals surface area contributed by atoms with Crippen LogP contribution in [0.4, 0.5) is 5.69 Å². The standard InChI is InChI=1S/C18H16N2O5/c1-2-25-18(22)16(19-17(21)14-6-4-3-5-7-14)12-13-8-10-15(11-9-13)20(23)24/h3-12H,2H2,1H3,(H,19,21). The molecule has 1 N–H and O–H groups in total. The molecule has 128 valence electrons. The number of nitro groups is 1. The van der Waals surface area contributed by atoms with Gasteiger partial charge in [-0.25, -0.2) is 4.79 Å². The maximum atomic E-state index is 12.2. The minimum atomic E-state index is -0.690. The first-order valence-electron chi connectivity index (χ1n) is 7.51. The van der Waals surface area contributed by atoms with Crippen molar-refractivity contribution in [3.8, 4) is 0 Å². The number of non-ortho nitro benzene ring substituents is 1. The lowest BCUT2D eigenvalue weighted by Gasteiger charge is -2.09. The Balaban J connectivity index is 2.27. The summed E-state index contributed by atoms with van der Waals surface area (Å²) < 4.78 is 4.94. The normalized spacial score (nSPS) is 10.8. The summed E-state index contributed by atoms with van der Waals surface area (Å²) in [6.45, 7) is 1.80. The molecule has 0 bridgehead atoms. The number of esters is 1. The van der Waals surface area contributed by atoms with Crippen molar-refractivity contribution in [1.29, 1.82) is 0 Å². The van der Waals surface area contributed by atoms with Gasteiger partial charge in [-0.1, -0.05) is 18.2 Å². The van der Waals surface area contributed by atoms with E-state index in [1.54, 1.807) is 37.3 Å². The first kappa shape index (κ1) is 17.9. The Hall–Kier alpha value is -3.48. The fraction of sp³-hybridized carbons (Fsp3) is 0.111. The number of nitrogens with one attached hydrogen (secondary N) is 1. The Labute approximate surface area is 144 Å². The predicted molar refractivity (Wildman–Crippen MR) is 91.6 cm³/mol. The molecule has 0 radical (unpaired) electrons. The molecule has 0 aromatic heterocycles. The number of benzene rings is 2. The highest BCUT2D eigenvalue weighted by Gasteiger charge is 2.15. The number of hydrogen-bond donors (Lipinski definition) is 1. The van der Waals surface area contributed by atoms with Gasteiger partial charge in [-0.15, -0.1) is 0 Å². The molecular weight excluding hydrogens is 324 g/mol. The van der Waals surface area contributed by atoms with Gasteiger partial charge in [0.05, 0.1) is 11.5 Å². The van der Waals surface area contributed by atoms with Crippen LogP contribution in [0.1, 0.15) is 22.8 Å². The largest absolute Gasteiger partial charge is 0.461 e. The van der Waals surface area contributed by atoms with Gasteiger partial charge in [0.2, 0.25) is 0 Å². The lowest BCUT2D eigenvalue weighted by molar-refractivity contribution is -0.384. The minimum absolute atomic E-state index is 0.0513. The van der Waals surface area contributed by atoms with Crippen LogP contribution in [0.5, 0.6) is 0 Å². The molecule has 0 heterocycles. The molecule has 0 atom stereocenters. The maximum absolute atomic E-state index is 12.2. The zero-order chi connectivity index (χ0) is 18.2. The molecular formula is C18H16N2O5. The summed E-state index contributed by atoms with van der Waals surface area (Å²) >= 11 is 0. The highest BCUT2D eigenvalue weighted by Crippen LogP contribution is 2.14. The van der Waals surface area contributed by atoms with Crippen LogP contribution in [0.2, 0.25) is 0 Å². The second kappa shape index (κ2) is 8.39. The Morgan fingerprint density at radius 3 is 2.32 bits per heavy atom. The molecule has 7 heteroatoms. The quantitative estimate of drug-likeness (QED) is 0.377. The zero-order valence-corrected chi connectivity index (χ0v) is 13.5. The van der Waals surface area contributed by atoms with Crippen LogP contribution in [0, 0.1) is 10.1 Å². The summed E-state index contributed by atoms with van der Waals surface area (Å²) in [5.41, 5.74) is 0.788. The monoisotopic (exact) mass is 340 g/mol. The first-order valence-corrected chi connectivity index (χ1v) is 7.51. The molecule has 2 aromatic rings. The van der Waals surface area contributed by atoms with Gasteiger partial charge in [-0.2, -0.15) is 0 Å². The molecule has 0 aliphatic rings. The van der Waals surface area contributed by atoms with Crippen LogP contribution in [-0.4, -0.2) is 23.4 Å². The molecule has 7 nitrogen and oxygen atoms in total. The molecule has 2 rings (SSSR count). The third kappa shape index (κ3) is 5.00. The Morgan fingerprint density at radius 1 is 1.12 bits per heavy atom. The van der Waals surface area contributed by atoms with E-state index in [0.29, 0.717) is 11.1 Å². The van der Waals surface area contributed by atoms with E-state index in [1.165, 1.54) is 30.3 Å². The van der Waals surface area contributed by atoms with Crippen molar-refractivity contribution in [1.82, 2.24) is 5.32 Å². The van der Waals surface area contributed by atoms with E-state index in [2.05, 4.69) is 5.32 Å². The van der Waals surface area contributed by atoms with E-state index < -0.39 is 16.8 Å². The van der Waals surface area contributed by atoms with Crippen molar-refractivity contribution in [2.24, 2.45) is 0 Å². The SMILES string of the molecule is CCOC(=O)C(=Cc1ccc([N+](=O)[O-])cc1)NC(=O)c1ccccc1. The number of ether oxygens (including phenoxy) is 1. The Bertz CT molecular complexity index is 798. The fourth-order valence-corrected chi connectivity index (χ4v) is 2.00. The first-order chi connectivity index (χ1) is 12.0. The zero-order valence-electron chi connectivity index (χ0n) is 13.5. The van der Waals surface area contributed by atoms with E-state index in [-0.39, 0.29) is 18.0 Å². The van der Waals surface area contributed by atoms with Crippen molar-refractivity contribution in [2.45, 2.75) is 6.92 Å². The van der Waals surface area contributed by atoms with Crippen LogP contribution < -0.4 is 5.32 Å². The predicted octanol–water partition coefficient (Wildman–Crippen LogP) is 2.93. The van der Waals surface area contributed by atoms with Crippen LogP contribution in [-0.2, 0) is 9.53 Å². The summed E-state index contributed by atoms with van der Waals surface area (Å²) in [6.07, 6.45) is 1.41. The summed E-state index contributed by atoms with van der Waals surface area (Å²) in [5, 5.41) is 13.2. The maximum Gasteiger partial charge on any atom is 0.354 e. The number of amides is 1. The molecule has 2 aromatic carbocycles. The molecule has 0 fully saturated rings. The topological polar surface area (TPSA) is 98.5 Å². The van der Waals surface area contributed by atoms with Gasteiger partial charge in [0.15, 0.2) is 0 Å². The van der Waals surface area contributed by atoms with Gasteiger partial charge in [0, 0.05) is 17.7 Å². The van der Waals surface area contributed by atoms with Crippen molar-refractivity contribution in [2.75, 3.05) is 6.61 Å². The van der Waals surface area contributed by atoms with Crippen LogP contribution >= 0.6 is 0 Å². The number of hydrogen-bond acceptors (Lipinski definition) is 5. The average Bonchev–Trinajstić information content (AvgIpc) is 2.62. The highest BCUT2D eigenvalue weighted by atomic mass is 16.6. The van der Waals surface area contributed by atoms with E-state index in [4.69, 9.17) is 4.74 Å². The number of rotatable bonds is 6. The molecule has 0 unspecified atom stereocenters. The number of nitro benzene ring substituents is 1. The third-order valence-corrected chi connectivity index (χ3v) is 3.19. The molecule has 25 heavy (non-hydrogen) atoms. The van der Waals surface area contributed by atoms with Crippen molar-refractivity contribution >= 4 is 23.6 Å². The van der Waals surface area contributed by atoms with Gasteiger partial charge in [-0.05, 0) is 42.8 Å². The van der Waals surface area contributed by atoms with E-state index >= 15 is 0 Å². The highest BCUT2D eigenvalue weighted by molar-refractivity contribution is 6.03. The Kier molecular flexibility index (Phi) is 6.00. The van der Waals surface area contributed by atoms with Crippen molar-refractivity contribution < 1.29 is 19.2 Å². The second-order valence-electron chi connectivity index (χ2n) is 4.95. The smallest absolute Gasteiger partial charge is 0.354 e. The summed E-state index contributed by atoms with van der Waals surface area (Å²) in [4.78, 5) is 34.5.